The Labute approximate surface area is 167 Å². The van der Waals surface area contributed by atoms with E-state index in [1.54, 1.807) is 12.1 Å². The van der Waals surface area contributed by atoms with Crippen molar-refractivity contribution in [1.29, 1.82) is 0 Å². The van der Waals surface area contributed by atoms with Crippen molar-refractivity contribution in [3.63, 3.8) is 0 Å². The first kappa shape index (κ1) is 17.4. The van der Waals surface area contributed by atoms with Crippen LogP contribution >= 0.6 is 71.0 Å². The average molecular weight is 542 g/mol. The Bertz CT molecular complexity index is 992. The van der Waals surface area contributed by atoms with E-state index in [1.165, 1.54) is 0 Å². The zero-order valence-electron chi connectivity index (χ0n) is 11.2. The summed E-state index contributed by atoms with van der Waals surface area (Å²) in [7, 11) is 0. The zero-order chi connectivity index (χ0) is 16.6. The Morgan fingerprint density at radius 2 is 1.43 bits per heavy atom. The summed E-state index contributed by atoms with van der Waals surface area (Å²) in [4.78, 5) is 0. The van der Waals surface area contributed by atoms with Crippen molar-refractivity contribution in [2.24, 2.45) is 0 Å². The summed E-state index contributed by atoms with van der Waals surface area (Å²) >= 11 is 21.7. The lowest BCUT2D eigenvalue weighted by Gasteiger charge is -1.89. The topological polar surface area (TPSA) is 26.3 Å². The molecule has 4 aromatic rings. The van der Waals surface area contributed by atoms with Crippen LogP contribution in [0.2, 0.25) is 10.0 Å². The lowest BCUT2D eigenvalue weighted by Crippen LogP contribution is -1.65. The lowest BCUT2D eigenvalue weighted by atomic mass is 10.3. The molecule has 2 heterocycles. The van der Waals surface area contributed by atoms with E-state index in [2.05, 4.69) is 47.8 Å². The van der Waals surface area contributed by atoms with Crippen LogP contribution in [0.1, 0.15) is 0 Å². The largest absolute Gasteiger partial charge is 0.448 e. The summed E-state index contributed by atoms with van der Waals surface area (Å²) in [5.41, 5.74) is 1.44. The Kier molecular flexibility index (Phi) is 5.43. The van der Waals surface area contributed by atoms with Gasteiger partial charge in [0.05, 0.1) is 14.5 Å². The standard InChI is InChI=1S/C8H3Br2ClO.C8H4BrClO/c9-6-4-2-1-3-5(11)7(4)12-8(6)10;9-7-4-5-2-1-3-6(10)8(5)11-7/h1-3H;1-4H. The summed E-state index contributed by atoms with van der Waals surface area (Å²) in [5.74, 6) is 0. The van der Waals surface area contributed by atoms with Crippen LogP contribution in [0.4, 0.5) is 0 Å². The van der Waals surface area contributed by atoms with Gasteiger partial charge in [0, 0.05) is 10.8 Å². The molecule has 0 amide bonds. The molecule has 0 radical (unpaired) electrons. The summed E-state index contributed by atoms with van der Waals surface area (Å²) in [5, 5.41) is 3.27. The van der Waals surface area contributed by atoms with Crippen LogP contribution in [-0.4, -0.2) is 0 Å². The number of furan rings is 2. The molecule has 0 aliphatic rings. The van der Waals surface area contributed by atoms with Gasteiger partial charge in [-0.15, -0.1) is 0 Å². The van der Waals surface area contributed by atoms with Gasteiger partial charge in [0.15, 0.2) is 20.5 Å². The molecule has 118 valence electrons. The minimum Gasteiger partial charge on any atom is -0.448 e. The van der Waals surface area contributed by atoms with Gasteiger partial charge in [-0.25, -0.2) is 0 Å². The van der Waals surface area contributed by atoms with Gasteiger partial charge in [0.25, 0.3) is 0 Å². The van der Waals surface area contributed by atoms with E-state index >= 15 is 0 Å². The fourth-order valence-corrected chi connectivity index (χ4v) is 3.63. The molecule has 23 heavy (non-hydrogen) atoms. The predicted octanol–water partition coefficient (Wildman–Crippen LogP) is 8.46. The van der Waals surface area contributed by atoms with Gasteiger partial charge in [0.2, 0.25) is 0 Å². The maximum absolute atomic E-state index is 5.91. The van der Waals surface area contributed by atoms with Crippen LogP contribution < -0.4 is 0 Å². The second kappa shape index (κ2) is 7.19. The van der Waals surface area contributed by atoms with Gasteiger partial charge in [-0.2, -0.15) is 0 Å². The third kappa shape index (κ3) is 3.64. The summed E-state index contributed by atoms with van der Waals surface area (Å²) < 4.78 is 12.9. The molecule has 0 atom stereocenters. The summed E-state index contributed by atoms with van der Waals surface area (Å²) in [6.07, 6.45) is 0. The number of fused-ring (bicyclic) bond motifs is 2. The van der Waals surface area contributed by atoms with E-state index in [0.717, 1.165) is 20.8 Å². The maximum atomic E-state index is 5.91. The average Bonchev–Trinajstić information content (AvgIpc) is 3.03. The Hall–Kier alpha value is -0.460. The molecular weight excluding hydrogens is 535 g/mol. The lowest BCUT2D eigenvalue weighted by molar-refractivity contribution is 0.585. The minimum absolute atomic E-state index is 0.624. The molecular formula is C16H7Br3Cl2O2. The van der Waals surface area contributed by atoms with Gasteiger partial charge in [0.1, 0.15) is 0 Å². The fourth-order valence-electron chi connectivity index (χ4n) is 2.02. The molecule has 7 heteroatoms. The first-order valence-corrected chi connectivity index (χ1v) is 9.46. The Balaban J connectivity index is 0.000000136. The van der Waals surface area contributed by atoms with E-state index in [1.807, 2.05) is 30.3 Å². The highest BCUT2D eigenvalue weighted by Gasteiger charge is 2.10. The molecule has 4 rings (SSSR count). The van der Waals surface area contributed by atoms with Crippen molar-refractivity contribution in [3.05, 3.63) is 66.3 Å². The molecule has 2 aromatic carbocycles. The number of hydrogen-bond donors (Lipinski definition) is 0. The molecule has 0 aliphatic heterocycles. The van der Waals surface area contributed by atoms with Crippen LogP contribution in [0.25, 0.3) is 21.9 Å². The molecule has 2 nitrogen and oxygen atoms in total. The highest BCUT2D eigenvalue weighted by Crippen LogP contribution is 2.37. The number of benzene rings is 2. The van der Waals surface area contributed by atoms with E-state index in [0.29, 0.717) is 25.0 Å². The summed E-state index contributed by atoms with van der Waals surface area (Å²) in [6, 6.07) is 13.2. The minimum atomic E-state index is 0.624. The number of hydrogen-bond acceptors (Lipinski definition) is 2. The van der Waals surface area contributed by atoms with Crippen LogP contribution in [0.3, 0.4) is 0 Å². The van der Waals surface area contributed by atoms with Gasteiger partial charge in [-0.1, -0.05) is 41.4 Å². The van der Waals surface area contributed by atoms with Crippen LogP contribution in [0, 0.1) is 0 Å². The van der Waals surface area contributed by atoms with Gasteiger partial charge in [-0.05, 0) is 72.1 Å². The van der Waals surface area contributed by atoms with Crippen molar-refractivity contribution in [3.8, 4) is 0 Å². The third-order valence-electron chi connectivity index (χ3n) is 3.03. The van der Waals surface area contributed by atoms with Gasteiger partial charge < -0.3 is 8.83 Å². The zero-order valence-corrected chi connectivity index (χ0v) is 17.5. The van der Waals surface area contributed by atoms with Crippen molar-refractivity contribution >= 4 is 92.9 Å². The molecule has 0 unspecified atom stereocenters. The van der Waals surface area contributed by atoms with E-state index in [-0.39, 0.29) is 0 Å². The monoisotopic (exact) mass is 538 g/mol. The quantitative estimate of drug-likeness (QED) is 0.223. The van der Waals surface area contributed by atoms with E-state index in [4.69, 9.17) is 32.0 Å². The smallest absolute Gasteiger partial charge is 0.184 e. The fraction of sp³-hybridized carbons (Fsp3) is 0. The maximum Gasteiger partial charge on any atom is 0.184 e. The second-order valence-electron chi connectivity index (χ2n) is 4.51. The third-order valence-corrected chi connectivity index (χ3v) is 5.90. The number of para-hydroxylation sites is 2. The predicted molar refractivity (Wildman–Crippen MR) is 106 cm³/mol. The summed E-state index contributed by atoms with van der Waals surface area (Å²) in [6.45, 7) is 0. The Morgan fingerprint density at radius 1 is 0.783 bits per heavy atom. The van der Waals surface area contributed by atoms with Crippen molar-refractivity contribution in [2.75, 3.05) is 0 Å². The Morgan fingerprint density at radius 3 is 2.09 bits per heavy atom. The van der Waals surface area contributed by atoms with Crippen molar-refractivity contribution < 1.29 is 8.83 Å². The highest BCUT2D eigenvalue weighted by atomic mass is 79.9. The van der Waals surface area contributed by atoms with Crippen LogP contribution in [0.15, 0.2) is 65.1 Å². The molecule has 0 saturated heterocycles. The van der Waals surface area contributed by atoms with E-state index < -0.39 is 0 Å². The van der Waals surface area contributed by atoms with Gasteiger partial charge in [-0.3, -0.25) is 0 Å². The highest BCUT2D eigenvalue weighted by molar-refractivity contribution is 9.13. The molecule has 0 saturated carbocycles. The first-order valence-electron chi connectivity index (χ1n) is 6.33. The molecule has 2 aromatic heterocycles. The van der Waals surface area contributed by atoms with Crippen molar-refractivity contribution in [2.45, 2.75) is 0 Å². The van der Waals surface area contributed by atoms with Crippen LogP contribution in [-0.2, 0) is 0 Å². The first-order chi connectivity index (χ1) is 11.0. The molecule has 0 bridgehead atoms. The number of halogens is 5. The molecule has 0 fully saturated rings. The van der Waals surface area contributed by atoms with Crippen LogP contribution in [0.5, 0.6) is 0 Å². The van der Waals surface area contributed by atoms with Crippen molar-refractivity contribution in [1.82, 2.24) is 0 Å². The van der Waals surface area contributed by atoms with E-state index in [9.17, 15) is 0 Å². The molecule has 0 aliphatic carbocycles. The molecule has 0 N–H and O–H groups in total. The second-order valence-corrected chi connectivity index (χ2v) is 7.62. The normalized spacial score (nSPS) is 10.8. The SMILES string of the molecule is Clc1cccc2c(Br)c(Br)oc12.Clc1cccc2cc(Br)oc12. The number of rotatable bonds is 0. The van der Waals surface area contributed by atoms with Gasteiger partial charge >= 0.3 is 0 Å². The molecule has 0 spiro atoms.